The van der Waals surface area contributed by atoms with E-state index in [0.29, 0.717) is 22.8 Å². The van der Waals surface area contributed by atoms with E-state index in [-0.39, 0.29) is 5.91 Å². The van der Waals surface area contributed by atoms with Gasteiger partial charge in [0, 0.05) is 25.8 Å². The summed E-state index contributed by atoms with van der Waals surface area (Å²) in [6.07, 6.45) is 0. The largest absolute Gasteiger partial charge is 0.398 e. The Morgan fingerprint density at radius 2 is 1.81 bits per heavy atom. The molecule has 0 fully saturated rings. The zero-order chi connectivity index (χ0) is 15.0. The average Bonchev–Trinajstić information content (AvgIpc) is 2.47. The van der Waals surface area contributed by atoms with Gasteiger partial charge in [0.05, 0.1) is 22.0 Å². The van der Waals surface area contributed by atoms with Gasteiger partial charge in [0.25, 0.3) is 5.91 Å². The molecule has 0 atom stereocenters. The molecule has 3 rings (SSSR count). The summed E-state index contributed by atoms with van der Waals surface area (Å²) >= 11 is 6.16. The molecule has 108 valence electrons. The van der Waals surface area contributed by atoms with E-state index in [1.54, 1.807) is 23.1 Å². The number of likely N-dealkylation sites (N-methyl/N-ethyl adjacent to an activating group) is 1. The maximum absolute atomic E-state index is 12.9. The normalized spacial score (nSPS) is 14.0. The molecule has 4 nitrogen and oxygen atoms in total. The molecule has 5 heteroatoms. The van der Waals surface area contributed by atoms with Crippen LogP contribution in [-0.4, -0.2) is 26.0 Å². The molecule has 0 bridgehead atoms. The van der Waals surface area contributed by atoms with E-state index in [4.69, 9.17) is 17.3 Å². The molecule has 0 aromatic heterocycles. The standard InChI is InChI=1S/C16H16ClN3O/c1-19-9-10-20(14-8-3-2-7-13(14)19)16(21)15-11(17)5-4-6-12(15)18/h2-8H,9-10,18H2,1H3. The zero-order valence-electron chi connectivity index (χ0n) is 11.7. The highest BCUT2D eigenvalue weighted by atomic mass is 35.5. The summed E-state index contributed by atoms with van der Waals surface area (Å²) in [5.41, 5.74) is 8.63. The van der Waals surface area contributed by atoms with Crippen LogP contribution in [0, 0.1) is 0 Å². The van der Waals surface area contributed by atoms with Gasteiger partial charge in [-0.25, -0.2) is 0 Å². The first-order valence-electron chi connectivity index (χ1n) is 6.75. The second-order valence-electron chi connectivity index (χ2n) is 5.07. The van der Waals surface area contributed by atoms with Crippen LogP contribution >= 0.6 is 11.6 Å². The summed E-state index contributed by atoms with van der Waals surface area (Å²) in [5.74, 6) is -0.154. The summed E-state index contributed by atoms with van der Waals surface area (Å²) in [5, 5.41) is 0.386. The number of carbonyl (C=O) groups excluding carboxylic acids is 1. The van der Waals surface area contributed by atoms with Gasteiger partial charge in [-0.05, 0) is 24.3 Å². The quantitative estimate of drug-likeness (QED) is 0.824. The third-order valence-electron chi connectivity index (χ3n) is 3.75. The van der Waals surface area contributed by atoms with Crippen molar-refractivity contribution in [2.75, 3.05) is 35.7 Å². The highest BCUT2D eigenvalue weighted by molar-refractivity contribution is 6.35. The number of rotatable bonds is 1. The van der Waals surface area contributed by atoms with Crippen LogP contribution in [-0.2, 0) is 0 Å². The van der Waals surface area contributed by atoms with Crippen LogP contribution in [0.5, 0.6) is 0 Å². The Hall–Kier alpha value is -2.20. The van der Waals surface area contributed by atoms with Crippen molar-refractivity contribution in [1.82, 2.24) is 0 Å². The number of fused-ring (bicyclic) bond motifs is 1. The number of nitrogen functional groups attached to an aromatic ring is 1. The van der Waals surface area contributed by atoms with Gasteiger partial charge in [-0.2, -0.15) is 0 Å². The summed E-state index contributed by atoms with van der Waals surface area (Å²) in [7, 11) is 2.02. The lowest BCUT2D eigenvalue weighted by atomic mass is 10.1. The fraction of sp³-hybridized carbons (Fsp3) is 0.188. The molecule has 2 aromatic rings. The number of para-hydroxylation sites is 2. The summed E-state index contributed by atoms with van der Waals surface area (Å²) < 4.78 is 0. The van der Waals surface area contributed by atoms with Crippen molar-refractivity contribution >= 4 is 34.6 Å². The van der Waals surface area contributed by atoms with Gasteiger partial charge in [-0.3, -0.25) is 4.79 Å². The van der Waals surface area contributed by atoms with E-state index >= 15 is 0 Å². The molecular weight excluding hydrogens is 286 g/mol. The first-order valence-corrected chi connectivity index (χ1v) is 7.13. The van der Waals surface area contributed by atoms with Crippen LogP contribution in [0.3, 0.4) is 0 Å². The Morgan fingerprint density at radius 3 is 2.52 bits per heavy atom. The number of hydrogen-bond donors (Lipinski definition) is 1. The van der Waals surface area contributed by atoms with Gasteiger partial charge in [0.2, 0.25) is 0 Å². The van der Waals surface area contributed by atoms with E-state index in [2.05, 4.69) is 4.90 Å². The third kappa shape index (κ3) is 2.32. The third-order valence-corrected chi connectivity index (χ3v) is 4.06. The number of amides is 1. The summed E-state index contributed by atoms with van der Waals surface area (Å²) in [6.45, 7) is 1.38. The minimum absolute atomic E-state index is 0.154. The second-order valence-corrected chi connectivity index (χ2v) is 5.48. The molecule has 1 aliphatic heterocycles. The molecule has 0 radical (unpaired) electrons. The lowest BCUT2D eigenvalue weighted by Gasteiger charge is -2.35. The first-order chi connectivity index (χ1) is 10.1. The monoisotopic (exact) mass is 301 g/mol. The van der Waals surface area contributed by atoms with Gasteiger partial charge < -0.3 is 15.5 Å². The molecular formula is C16H16ClN3O. The lowest BCUT2D eigenvalue weighted by molar-refractivity contribution is 0.0988. The highest BCUT2D eigenvalue weighted by Gasteiger charge is 2.27. The molecule has 1 amide bonds. The SMILES string of the molecule is CN1CCN(C(=O)c2c(N)cccc2Cl)c2ccccc21. The predicted octanol–water partition coefficient (Wildman–Crippen LogP) is 3.02. The van der Waals surface area contributed by atoms with Gasteiger partial charge in [-0.1, -0.05) is 29.8 Å². The van der Waals surface area contributed by atoms with Crippen molar-refractivity contribution in [1.29, 1.82) is 0 Å². The van der Waals surface area contributed by atoms with Crippen LogP contribution in [0.2, 0.25) is 5.02 Å². The minimum Gasteiger partial charge on any atom is -0.398 e. The van der Waals surface area contributed by atoms with E-state index in [1.807, 2.05) is 31.3 Å². The number of benzene rings is 2. The topological polar surface area (TPSA) is 49.6 Å². The molecule has 21 heavy (non-hydrogen) atoms. The van der Waals surface area contributed by atoms with Crippen LogP contribution in [0.15, 0.2) is 42.5 Å². The average molecular weight is 302 g/mol. The van der Waals surface area contributed by atoms with Crippen LogP contribution in [0.25, 0.3) is 0 Å². The molecule has 1 heterocycles. The van der Waals surface area contributed by atoms with Gasteiger partial charge in [0.1, 0.15) is 0 Å². The van der Waals surface area contributed by atoms with Crippen LogP contribution < -0.4 is 15.5 Å². The second kappa shape index (κ2) is 5.30. The summed E-state index contributed by atoms with van der Waals surface area (Å²) in [4.78, 5) is 16.7. The number of nitrogens with two attached hydrogens (primary N) is 1. The Balaban J connectivity index is 2.06. The molecule has 0 saturated heterocycles. The van der Waals surface area contributed by atoms with E-state index in [9.17, 15) is 4.79 Å². The zero-order valence-corrected chi connectivity index (χ0v) is 12.5. The van der Waals surface area contributed by atoms with E-state index < -0.39 is 0 Å². The maximum atomic E-state index is 12.9. The first kappa shape index (κ1) is 13.8. The number of carbonyl (C=O) groups is 1. The van der Waals surface area contributed by atoms with Crippen molar-refractivity contribution in [3.63, 3.8) is 0 Å². The van der Waals surface area contributed by atoms with Crippen LogP contribution in [0.1, 0.15) is 10.4 Å². The Kier molecular flexibility index (Phi) is 3.47. The minimum atomic E-state index is -0.154. The maximum Gasteiger partial charge on any atom is 0.262 e. The number of nitrogens with zero attached hydrogens (tertiary/aromatic N) is 2. The van der Waals surface area contributed by atoms with Crippen molar-refractivity contribution in [2.24, 2.45) is 0 Å². The van der Waals surface area contributed by atoms with Gasteiger partial charge in [-0.15, -0.1) is 0 Å². The molecule has 1 aliphatic rings. The summed E-state index contributed by atoms with van der Waals surface area (Å²) in [6, 6.07) is 13.0. The predicted molar refractivity (Wildman–Crippen MR) is 87.3 cm³/mol. The van der Waals surface area contributed by atoms with Crippen molar-refractivity contribution in [2.45, 2.75) is 0 Å². The molecule has 2 N–H and O–H groups in total. The highest BCUT2D eigenvalue weighted by Crippen LogP contribution is 2.34. The molecule has 0 unspecified atom stereocenters. The molecule has 0 spiro atoms. The molecule has 0 saturated carbocycles. The number of anilines is 3. The van der Waals surface area contributed by atoms with E-state index in [0.717, 1.165) is 17.9 Å². The van der Waals surface area contributed by atoms with Crippen LogP contribution in [0.4, 0.5) is 17.1 Å². The molecule has 2 aromatic carbocycles. The Morgan fingerprint density at radius 1 is 1.10 bits per heavy atom. The van der Waals surface area contributed by atoms with Crippen molar-refractivity contribution in [3.8, 4) is 0 Å². The van der Waals surface area contributed by atoms with Crippen molar-refractivity contribution < 1.29 is 4.79 Å². The smallest absolute Gasteiger partial charge is 0.262 e. The number of halogens is 1. The number of hydrogen-bond acceptors (Lipinski definition) is 3. The Labute approximate surface area is 128 Å². The van der Waals surface area contributed by atoms with Gasteiger partial charge in [0.15, 0.2) is 0 Å². The van der Waals surface area contributed by atoms with Crippen molar-refractivity contribution in [3.05, 3.63) is 53.1 Å². The van der Waals surface area contributed by atoms with Gasteiger partial charge >= 0.3 is 0 Å². The lowest BCUT2D eigenvalue weighted by Crippen LogP contribution is -2.43. The fourth-order valence-corrected chi connectivity index (χ4v) is 2.88. The fourth-order valence-electron chi connectivity index (χ4n) is 2.62. The Bertz CT molecular complexity index is 681. The molecule has 0 aliphatic carbocycles. The van der Waals surface area contributed by atoms with E-state index in [1.165, 1.54) is 0 Å².